The van der Waals surface area contributed by atoms with E-state index in [0.717, 1.165) is 22.6 Å². The van der Waals surface area contributed by atoms with E-state index < -0.39 is 0 Å². The van der Waals surface area contributed by atoms with Gasteiger partial charge in [0.15, 0.2) is 11.0 Å². The maximum absolute atomic E-state index is 12.1. The number of amides is 1. The summed E-state index contributed by atoms with van der Waals surface area (Å²) in [5.41, 5.74) is 2.57. The number of anilines is 1. The molecule has 1 amide bonds. The maximum Gasteiger partial charge on any atom is 0.234 e. The maximum atomic E-state index is 12.1. The number of aromatic nitrogens is 4. The molecule has 2 heterocycles. The van der Waals surface area contributed by atoms with Gasteiger partial charge in [0.1, 0.15) is 0 Å². The third-order valence-electron chi connectivity index (χ3n) is 3.55. The van der Waals surface area contributed by atoms with Crippen LogP contribution in [0.2, 0.25) is 5.02 Å². The molecule has 2 aromatic heterocycles. The number of nitrogens with zero attached hydrogens (tertiary/aromatic N) is 4. The van der Waals surface area contributed by atoms with Crippen LogP contribution in [0.1, 0.15) is 5.56 Å². The first-order valence-corrected chi connectivity index (χ1v) is 8.89. The highest BCUT2D eigenvalue weighted by Gasteiger charge is 2.13. The van der Waals surface area contributed by atoms with Crippen molar-refractivity contribution in [2.75, 3.05) is 11.1 Å². The second-order valence-electron chi connectivity index (χ2n) is 5.40. The van der Waals surface area contributed by atoms with Crippen LogP contribution < -0.4 is 5.32 Å². The van der Waals surface area contributed by atoms with Gasteiger partial charge < -0.3 is 9.88 Å². The lowest BCUT2D eigenvalue weighted by Gasteiger charge is -2.07. The van der Waals surface area contributed by atoms with Gasteiger partial charge in [-0.1, -0.05) is 23.4 Å². The van der Waals surface area contributed by atoms with Gasteiger partial charge in [0.25, 0.3) is 0 Å². The van der Waals surface area contributed by atoms with E-state index in [9.17, 15) is 4.79 Å². The number of hydrogen-bond acceptors (Lipinski definition) is 5. The molecule has 25 heavy (non-hydrogen) atoms. The number of carbonyl (C=O) groups is 1. The standard InChI is InChI=1S/C17H16ClN5OS/c1-11-9-13(3-4-14(11)18)20-15(24)10-25-17-22-21-16(23(17)2)12-5-7-19-8-6-12/h3-9H,10H2,1-2H3,(H,20,24). The topological polar surface area (TPSA) is 72.7 Å². The average molecular weight is 374 g/mol. The number of benzene rings is 1. The smallest absolute Gasteiger partial charge is 0.234 e. The molecule has 1 N–H and O–H groups in total. The molecule has 0 aliphatic rings. The fourth-order valence-corrected chi connectivity index (χ4v) is 3.07. The van der Waals surface area contributed by atoms with Gasteiger partial charge in [-0.3, -0.25) is 9.78 Å². The molecule has 0 unspecified atom stereocenters. The SMILES string of the molecule is Cc1cc(NC(=O)CSc2nnc(-c3ccncc3)n2C)ccc1Cl. The first-order chi connectivity index (χ1) is 12.0. The summed E-state index contributed by atoms with van der Waals surface area (Å²) >= 11 is 7.32. The van der Waals surface area contributed by atoms with E-state index in [1.165, 1.54) is 11.8 Å². The summed E-state index contributed by atoms with van der Waals surface area (Å²) in [4.78, 5) is 16.1. The third-order valence-corrected chi connectivity index (χ3v) is 4.99. The molecule has 0 aliphatic carbocycles. The van der Waals surface area contributed by atoms with Gasteiger partial charge in [-0.05, 0) is 42.8 Å². The van der Waals surface area contributed by atoms with E-state index in [0.29, 0.717) is 10.2 Å². The van der Waals surface area contributed by atoms with E-state index in [2.05, 4.69) is 20.5 Å². The summed E-state index contributed by atoms with van der Waals surface area (Å²) in [7, 11) is 1.87. The first kappa shape index (κ1) is 17.4. The van der Waals surface area contributed by atoms with Crippen LogP contribution in [0.25, 0.3) is 11.4 Å². The highest BCUT2D eigenvalue weighted by atomic mass is 35.5. The van der Waals surface area contributed by atoms with Crippen molar-refractivity contribution < 1.29 is 4.79 Å². The molecule has 8 heteroatoms. The Hall–Kier alpha value is -2.38. The van der Waals surface area contributed by atoms with Crippen molar-refractivity contribution in [3.05, 3.63) is 53.3 Å². The van der Waals surface area contributed by atoms with Gasteiger partial charge in [-0.2, -0.15) is 0 Å². The minimum atomic E-state index is -0.111. The van der Waals surface area contributed by atoms with Crippen LogP contribution in [0.3, 0.4) is 0 Å². The summed E-state index contributed by atoms with van der Waals surface area (Å²) in [5, 5.41) is 12.5. The largest absolute Gasteiger partial charge is 0.325 e. The molecule has 3 rings (SSSR count). The van der Waals surface area contributed by atoms with Crippen LogP contribution in [-0.2, 0) is 11.8 Å². The number of rotatable bonds is 5. The van der Waals surface area contributed by atoms with Crippen molar-refractivity contribution in [2.24, 2.45) is 7.05 Å². The first-order valence-electron chi connectivity index (χ1n) is 7.53. The molecule has 0 saturated carbocycles. The minimum absolute atomic E-state index is 0.111. The van der Waals surface area contributed by atoms with Crippen LogP contribution in [-0.4, -0.2) is 31.4 Å². The highest BCUT2D eigenvalue weighted by Crippen LogP contribution is 2.23. The number of nitrogens with one attached hydrogen (secondary N) is 1. The molecule has 3 aromatic rings. The van der Waals surface area contributed by atoms with E-state index >= 15 is 0 Å². The van der Waals surface area contributed by atoms with Gasteiger partial charge >= 0.3 is 0 Å². The van der Waals surface area contributed by atoms with Gasteiger partial charge in [0, 0.05) is 35.7 Å². The third kappa shape index (κ3) is 4.18. The second kappa shape index (κ2) is 7.67. The lowest BCUT2D eigenvalue weighted by molar-refractivity contribution is -0.113. The zero-order valence-corrected chi connectivity index (χ0v) is 15.3. The van der Waals surface area contributed by atoms with Crippen molar-refractivity contribution in [1.29, 1.82) is 0 Å². The molecule has 0 atom stereocenters. The summed E-state index contributed by atoms with van der Waals surface area (Å²) in [6, 6.07) is 9.13. The number of aryl methyl sites for hydroxylation is 1. The molecule has 0 bridgehead atoms. The summed E-state index contributed by atoms with van der Waals surface area (Å²) in [6.07, 6.45) is 3.41. The lowest BCUT2D eigenvalue weighted by atomic mass is 10.2. The molecule has 1 aromatic carbocycles. The quantitative estimate of drug-likeness (QED) is 0.692. The Bertz CT molecular complexity index is 897. The Labute approximate surface area is 154 Å². The van der Waals surface area contributed by atoms with Gasteiger partial charge in [0.05, 0.1) is 5.75 Å². The number of carbonyl (C=O) groups excluding carboxylic acids is 1. The van der Waals surface area contributed by atoms with Gasteiger partial charge in [-0.15, -0.1) is 10.2 Å². The zero-order valence-electron chi connectivity index (χ0n) is 13.7. The Kier molecular flexibility index (Phi) is 5.35. The fraction of sp³-hybridized carbons (Fsp3) is 0.176. The van der Waals surface area contributed by atoms with Crippen molar-refractivity contribution >= 4 is 35.0 Å². The number of halogens is 1. The lowest BCUT2D eigenvalue weighted by Crippen LogP contribution is -2.14. The molecule has 128 valence electrons. The summed E-state index contributed by atoms with van der Waals surface area (Å²) in [5.74, 6) is 0.864. The summed E-state index contributed by atoms with van der Waals surface area (Å²) in [6.45, 7) is 1.90. The van der Waals surface area contributed by atoms with Crippen molar-refractivity contribution in [2.45, 2.75) is 12.1 Å². The molecule has 0 radical (unpaired) electrons. The zero-order chi connectivity index (χ0) is 17.8. The molecule has 6 nitrogen and oxygen atoms in total. The fourth-order valence-electron chi connectivity index (χ4n) is 2.24. The van der Waals surface area contributed by atoms with E-state index in [-0.39, 0.29) is 11.7 Å². The molecule has 0 aliphatic heterocycles. The minimum Gasteiger partial charge on any atom is -0.325 e. The highest BCUT2D eigenvalue weighted by molar-refractivity contribution is 7.99. The Morgan fingerprint density at radius 1 is 1.24 bits per heavy atom. The Morgan fingerprint density at radius 3 is 2.72 bits per heavy atom. The average Bonchev–Trinajstić information content (AvgIpc) is 2.98. The van der Waals surface area contributed by atoms with E-state index in [4.69, 9.17) is 11.6 Å². The molecular weight excluding hydrogens is 358 g/mol. The normalized spacial score (nSPS) is 10.7. The number of thioether (sulfide) groups is 1. The number of hydrogen-bond donors (Lipinski definition) is 1. The van der Waals surface area contributed by atoms with Crippen molar-refractivity contribution in [3.63, 3.8) is 0 Å². The van der Waals surface area contributed by atoms with Gasteiger partial charge in [-0.25, -0.2) is 0 Å². The van der Waals surface area contributed by atoms with Crippen LogP contribution in [0.4, 0.5) is 5.69 Å². The van der Waals surface area contributed by atoms with E-state index in [1.807, 2.05) is 36.7 Å². The Morgan fingerprint density at radius 2 is 2.00 bits per heavy atom. The Balaban J connectivity index is 1.63. The molecule has 0 fully saturated rings. The predicted octanol–water partition coefficient (Wildman–Crippen LogP) is 3.57. The second-order valence-corrected chi connectivity index (χ2v) is 6.75. The van der Waals surface area contributed by atoms with Crippen LogP contribution in [0.5, 0.6) is 0 Å². The molecule has 0 spiro atoms. The number of pyridine rings is 1. The molecule has 0 saturated heterocycles. The molecular formula is C17H16ClN5OS. The predicted molar refractivity (Wildman–Crippen MR) is 99.8 cm³/mol. The van der Waals surface area contributed by atoms with Crippen LogP contribution in [0, 0.1) is 6.92 Å². The summed E-state index contributed by atoms with van der Waals surface area (Å²) < 4.78 is 1.86. The van der Waals surface area contributed by atoms with Crippen LogP contribution in [0.15, 0.2) is 47.9 Å². The van der Waals surface area contributed by atoms with Gasteiger partial charge in [0.2, 0.25) is 5.91 Å². The van der Waals surface area contributed by atoms with Crippen molar-refractivity contribution in [3.8, 4) is 11.4 Å². The van der Waals surface area contributed by atoms with Crippen LogP contribution >= 0.6 is 23.4 Å². The monoisotopic (exact) mass is 373 g/mol. The van der Waals surface area contributed by atoms with E-state index in [1.54, 1.807) is 24.5 Å². The van der Waals surface area contributed by atoms with Crippen molar-refractivity contribution in [1.82, 2.24) is 19.7 Å².